The van der Waals surface area contributed by atoms with Crippen molar-refractivity contribution in [2.75, 3.05) is 32.8 Å². The molecule has 0 atom stereocenters. The van der Waals surface area contributed by atoms with Gasteiger partial charge in [-0.05, 0) is 44.0 Å². The first-order valence-corrected chi connectivity index (χ1v) is 12.4. The van der Waals surface area contributed by atoms with E-state index in [1.807, 2.05) is 29.2 Å². The molecule has 2 fully saturated rings. The van der Waals surface area contributed by atoms with Crippen LogP contribution in [0.5, 0.6) is 0 Å². The summed E-state index contributed by atoms with van der Waals surface area (Å²) >= 11 is 3.38. The van der Waals surface area contributed by atoms with Gasteiger partial charge in [0.1, 0.15) is 11.3 Å². The van der Waals surface area contributed by atoms with Crippen LogP contribution in [0.25, 0.3) is 0 Å². The molecule has 0 bridgehead atoms. The van der Waals surface area contributed by atoms with E-state index in [2.05, 4.69) is 26.4 Å². The molecule has 3 heterocycles. The molecule has 1 spiro atoms. The molecule has 0 saturated carbocycles. The summed E-state index contributed by atoms with van der Waals surface area (Å²) in [6, 6.07) is 7.30. The number of likely N-dealkylation sites (tertiary alicyclic amines) is 1. The standard InChI is InChI=1S/C23H29BrN4O6/c1-2-32-22(31)33-28-11-7-18(8-12-28)25-20(29)19-15-23(34-26-19)9-13-27(14-10-23)21(30)16-3-5-17(24)6-4-16/h3-6,18H,2,7-15H2,1H3,(H,25,29). The van der Waals surface area contributed by atoms with Crippen LogP contribution in [-0.2, 0) is 19.2 Å². The van der Waals surface area contributed by atoms with Crippen molar-refractivity contribution in [2.45, 2.75) is 50.7 Å². The second kappa shape index (κ2) is 10.7. The average Bonchev–Trinajstić information content (AvgIpc) is 3.25. The summed E-state index contributed by atoms with van der Waals surface area (Å²) in [5, 5.41) is 8.66. The van der Waals surface area contributed by atoms with E-state index in [0.717, 1.165) is 4.47 Å². The number of rotatable bonds is 5. The van der Waals surface area contributed by atoms with Crippen LogP contribution in [-0.4, -0.2) is 78.1 Å². The fourth-order valence-electron chi connectivity index (χ4n) is 4.41. The van der Waals surface area contributed by atoms with E-state index in [-0.39, 0.29) is 24.5 Å². The van der Waals surface area contributed by atoms with E-state index in [9.17, 15) is 14.4 Å². The number of nitrogens with zero attached hydrogens (tertiary/aromatic N) is 3. The van der Waals surface area contributed by atoms with E-state index in [4.69, 9.17) is 14.4 Å². The largest absolute Gasteiger partial charge is 0.527 e. The highest BCUT2D eigenvalue weighted by atomic mass is 79.9. The maximum Gasteiger partial charge on any atom is 0.527 e. The predicted octanol–water partition coefficient (Wildman–Crippen LogP) is 2.87. The second-order valence-electron chi connectivity index (χ2n) is 8.74. The van der Waals surface area contributed by atoms with Crippen LogP contribution in [0.15, 0.2) is 33.9 Å². The third-order valence-electron chi connectivity index (χ3n) is 6.41. The van der Waals surface area contributed by atoms with E-state index >= 15 is 0 Å². The lowest BCUT2D eigenvalue weighted by atomic mass is 9.86. The molecule has 0 aliphatic carbocycles. The van der Waals surface area contributed by atoms with Crippen molar-refractivity contribution in [1.29, 1.82) is 0 Å². The zero-order valence-electron chi connectivity index (χ0n) is 19.1. The number of hydrogen-bond donors (Lipinski definition) is 1. The monoisotopic (exact) mass is 536 g/mol. The molecule has 4 rings (SSSR count). The topological polar surface area (TPSA) is 110 Å². The number of hydroxylamine groups is 2. The summed E-state index contributed by atoms with van der Waals surface area (Å²) < 4.78 is 5.71. The maximum absolute atomic E-state index is 12.8. The Bertz CT molecular complexity index is 937. The highest BCUT2D eigenvalue weighted by Crippen LogP contribution is 2.35. The van der Waals surface area contributed by atoms with Crippen molar-refractivity contribution >= 4 is 39.6 Å². The summed E-state index contributed by atoms with van der Waals surface area (Å²) in [4.78, 5) is 49.6. The molecular formula is C23H29BrN4O6. The lowest BCUT2D eigenvalue weighted by molar-refractivity contribution is -0.141. The van der Waals surface area contributed by atoms with Crippen molar-refractivity contribution in [3.05, 3.63) is 34.3 Å². The maximum atomic E-state index is 12.8. The molecule has 1 N–H and O–H groups in total. The molecule has 1 aromatic carbocycles. The van der Waals surface area contributed by atoms with Crippen LogP contribution in [0.4, 0.5) is 4.79 Å². The fraction of sp³-hybridized carbons (Fsp3) is 0.565. The molecule has 2 amide bonds. The van der Waals surface area contributed by atoms with Crippen LogP contribution in [0.2, 0.25) is 0 Å². The van der Waals surface area contributed by atoms with Gasteiger partial charge in [-0.3, -0.25) is 9.59 Å². The minimum atomic E-state index is -0.711. The second-order valence-corrected chi connectivity index (χ2v) is 9.65. The first kappa shape index (κ1) is 24.5. The van der Waals surface area contributed by atoms with Gasteiger partial charge < -0.3 is 24.6 Å². The molecule has 0 aromatic heterocycles. The molecule has 2 saturated heterocycles. The minimum absolute atomic E-state index is 0.00231. The average molecular weight is 537 g/mol. The number of ether oxygens (including phenoxy) is 1. The van der Waals surface area contributed by atoms with E-state index < -0.39 is 11.8 Å². The van der Waals surface area contributed by atoms with Gasteiger partial charge in [0.2, 0.25) is 0 Å². The van der Waals surface area contributed by atoms with Crippen LogP contribution >= 0.6 is 15.9 Å². The fourth-order valence-corrected chi connectivity index (χ4v) is 4.68. The van der Waals surface area contributed by atoms with Gasteiger partial charge in [0, 0.05) is 61.5 Å². The summed E-state index contributed by atoms with van der Waals surface area (Å²) in [6.07, 6.45) is 2.27. The van der Waals surface area contributed by atoms with Gasteiger partial charge in [0.25, 0.3) is 11.8 Å². The molecule has 0 radical (unpaired) electrons. The number of halogens is 1. The molecule has 1 aromatic rings. The van der Waals surface area contributed by atoms with E-state index in [1.54, 1.807) is 12.0 Å². The number of nitrogens with one attached hydrogen (secondary N) is 1. The Morgan fingerprint density at radius 3 is 2.47 bits per heavy atom. The van der Waals surface area contributed by atoms with Crippen molar-refractivity contribution in [1.82, 2.24) is 15.3 Å². The molecule has 34 heavy (non-hydrogen) atoms. The van der Waals surface area contributed by atoms with Crippen molar-refractivity contribution in [2.24, 2.45) is 5.16 Å². The molecule has 3 aliphatic rings. The highest BCUT2D eigenvalue weighted by Gasteiger charge is 2.44. The number of carbonyl (C=O) groups is 3. The summed E-state index contributed by atoms with van der Waals surface area (Å²) in [6.45, 7) is 4.11. The predicted molar refractivity (Wildman–Crippen MR) is 126 cm³/mol. The van der Waals surface area contributed by atoms with E-state index in [0.29, 0.717) is 69.6 Å². The first-order valence-electron chi connectivity index (χ1n) is 11.6. The Kier molecular flexibility index (Phi) is 7.72. The van der Waals surface area contributed by atoms with Gasteiger partial charge in [0.05, 0.1) is 6.61 Å². The minimum Gasteiger partial charge on any atom is -0.433 e. The number of benzene rings is 1. The molecule has 0 unspecified atom stereocenters. The Morgan fingerprint density at radius 1 is 1.15 bits per heavy atom. The summed E-state index contributed by atoms with van der Waals surface area (Å²) in [7, 11) is 0. The number of oxime groups is 1. The van der Waals surface area contributed by atoms with Crippen molar-refractivity contribution < 1.29 is 28.8 Å². The van der Waals surface area contributed by atoms with Gasteiger partial charge in [-0.2, -0.15) is 0 Å². The third kappa shape index (κ3) is 5.87. The molecule has 184 valence electrons. The van der Waals surface area contributed by atoms with Gasteiger partial charge in [-0.1, -0.05) is 21.1 Å². The highest BCUT2D eigenvalue weighted by molar-refractivity contribution is 9.10. The molecule has 11 heteroatoms. The SMILES string of the molecule is CCOC(=O)ON1CCC(NC(=O)C2=NOC3(CCN(C(=O)c4ccc(Br)cc4)CC3)C2)CC1. The van der Waals surface area contributed by atoms with Gasteiger partial charge >= 0.3 is 6.16 Å². The lowest BCUT2D eigenvalue weighted by Gasteiger charge is -2.37. The Labute approximate surface area is 206 Å². The normalized spacial score (nSPS) is 20.4. The first-order chi connectivity index (χ1) is 16.4. The van der Waals surface area contributed by atoms with Crippen LogP contribution in [0, 0.1) is 0 Å². The van der Waals surface area contributed by atoms with Crippen LogP contribution in [0.3, 0.4) is 0 Å². The Balaban J connectivity index is 1.21. The molecule has 10 nitrogen and oxygen atoms in total. The summed E-state index contributed by atoms with van der Waals surface area (Å²) in [5.41, 5.74) is 0.513. The van der Waals surface area contributed by atoms with Crippen molar-refractivity contribution in [3.8, 4) is 0 Å². The summed E-state index contributed by atoms with van der Waals surface area (Å²) in [5.74, 6) is -0.229. The Hall–Kier alpha value is -2.66. The Morgan fingerprint density at radius 2 is 1.82 bits per heavy atom. The number of piperidine rings is 2. The lowest BCUT2D eigenvalue weighted by Crippen LogP contribution is -2.49. The van der Waals surface area contributed by atoms with Gasteiger partial charge in [-0.25, -0.2) is 4.79 Å². The third-order valence-corrected chi connectivity index (χ3v) is 6.94. The van der Waals surface area contributed by atoms with Gasteiger partial charge in [0.15, 0.2) is 0 Å². The van der Waals surface area contributed by atoms with E-state index in [1.165, 1.54) is 0 Å². The van der Waals surface area contributed by atoms with Crippen molar-refractivity contribution in [3.63, 3.8) is 0 Å². The van der Waals surface area contributed by atoms with Crippen LogP contribution in [0.1, 0.15) is 49.4 Å². The smallest absolute Gasteiger partial charge is 0.433 e. The molecule has 3 aliphatic heterocycles. The van der Waals surface area contributed by atoms with Crippen LogP contribution < -0.4 is 5.32 Å². The zero-order valence-corrected chi connectivity index (χ0v) is 20.7. The quantitative estimate of drug-likeness (QED) is 0.576. The number of hydrogen-bond acceptors (Lipinski definition) is 8. The van der Waals surface area contributed by atoms with Gasteiger partial charge in [-0.15, -0.1) is 5.06 Å². The number of amides is 2. The molecular weight excluding hydrogens is 508 g/mol. The number of carbonyl (C=O) groups excluding carboxylic acids is 3. The zero-order chi connectivity index (χ0) is 24.1.